The molecule has 5 nitrogen and oxygen atoms in total. The highest BCUT2D eigenvalue weighted by Gasteiger charge is 2.50. The van der Waals surface area contributed by atoms with Crippen molar-refractivity contribution in [1.29, 1.82) is 0 Å². The number of aliphatic hydroxyl groups is 1. The zero-order chi connectivity index (χ0) is 15.2. The molecule has 0 spiro atoms. The fraction of sp³-hybridized carbons (Fsp3) is 0.500. The molecule has 2 heterocycles. The summed E-state index contributed by atoms with van der Waals surface area (Å²) >= 11 is 0. The summed E-state index contributed by atoms with van der Waals surface area (Å²) in [5, 5.41) is 9.85. The van der Waals surface area contributed by atoms with Crippen molar-refractivity contribution < 1.29 is 19.4 Å². The number of hydrogen-bond acceptors (Lipinski definition) is 4. The number of nitrogens with zero attached hydrogens (tertiary/aromatic N) is 1. The van der Waals surface area contributed by atoms with Gasteiger partial charge in [0.15, 0.2) is 0 Å². The number of carbonyl (C=O) groups excluding carboxylic acids is 2. The molecule has 1 aromatic rings. The second-order valence-corrected chi connectivity index (χ2v) is 5.89. The molecule has 2 aliphatic rings. The summed E-state index contributed by atoms with van der Waals surface area (Å²) in [6.07, 6.45) is 0.958. The number of ether oxygens (including phenoxy) is 1. The van der Waals surface area contributed by atoms with E-state index in [4.69, 9.17) is 4.74 Å². The van der Waals surface area contributed by atoms with Crippen molar-refractivity contribution in [1.82, 2.24) is 4.90 Å². The fourth-order valence-corrected chi connectivity index (χ4v) is 3.31. The Balaban J connectivity index is 2.11. The number of aliphatic hydroxyl groups excluding tert-OH is 1. The third kappa shape index (κ3) is 1.92. The number of carbonyl (C=O) groups is 2. The van der Waals surface area contributed by atoms with Crippen LogP contribution in [0, 0.1) is 13.8 Å². The molecular weight excluding hydrogens is 270 g/mol. The molecule has 1 saturated heterocycles. The van der Waals surface area contributed by atoms with E-state index < -0.39 is 5.54 Å². The number of aryl methyl sites for hydroxylation is 2. The van der Waals surface area contributed by atoms with Gasteiger partial charge in [-0.3, -0.25) is 14.5 Å². The summed E-state index contributed by atoms with van der Waals surface area (Å²) in [5.41, 5.74) is 1.75. The Morgan fingerprint density at radius 2 is 1.57 bits per heavy atom. The third-order valence-corrected chi connectivity index (χ3v) is 4.65. The van der Waals surface area contributed by atoms with Crippen LogP contribution in [-0.4, -0.2) is 47.2 Å². The predicted octanol–water partition coefficient (Wildman–Crippen LogP) is 1.44. The summed E-state index contributed by atoms with van der Waals surface area (Å²) in [7, 11) is 0. The van der Waals surface area contributed by atoms with Gasteiger partial charge in [-0.15, -0.1) is 0 Å². The Labute approximate surface area is 123 Å². The average molecular weight is 289 g/mol. The molecule has 21 heavy (non-hydrogen) atoms. The van der Waals surface area contributed by atoms with Crippen LogP contribution in [0.1, 0.15) is 44.7 Å². The molecule has 1 aromatic carbocycles. The van der Waals surface area contributed by atoms with Crippen LogP contribution in [-0.2, 0) is 4.74 Å². The highest BCUT2D eigenvalue weighted by atomic mass is 16.5. The zero-order valence-corrected chi connectivity index (χ0v) is 12.3. The summed E-state index contributed by atoms with van der Waals surface area (Å²) in [6, 6.07) is 3.72. The van der Waals surface area contributed by atoms with E-state index in [0.717, 1.165) is 11.1 Å². The van der Waals surface area contributed by atoms with E-state index in [-0.39, 0.29) is 18.4 Å². The molecule has 1 fully saturated rings. The number of imide groups is 1. The van der Waals surface area contributed by atoms with Crippen molar-refractivity contribution >= 4 is 11.8 Å². The third-order valence-electron chi connectivity index (χ3n) is 4.65. The monoisotopic (exact) mass is 289 g/mol. The number of rotatable bonds is 2. The molecule has 0 unspecified atom stereocenters. The fourth-order valence-electron chi connectivity index (χ4n) is 3.31. The molecule has 2 amide bonds. The van der Waals surface area contributed by atoms with Gasteiger partial charge in [-0.1, -0.05) is 12.1 Å². The Morgan fingerprint density at radius 3 is 2.00 bits per heavy atom. The summed E-state index contributed by atoms with van der Waals surface area (Å²) in [4.78, 5) is 26.9. The molecule has 2 aliphatic heterocycles. The van der Waals surface area contributed by atoms with Crippen LogP contribution in [0.25, 0.3) is 0 Å². The number of fused-ring (bicyclic) bond motifs is 1. The molecule has 0 atom stereocenters. The topological polar surface area (TPSA) is 66.8 Å². The Hall–Kier alpha value is -1.72. The quantitative estimate of drug-likeness (QED) is 0.837. The lowest BCUT2D eigenvalue weighted by Gasteiger charge is -2.41. The zero-order valence-electron chi connectivity index (χ0n) is 12.3. The summed E-state index contributed by atoms with van der Waals surface area (Å²) in [6.45, 7) is 4.35. The SMILES string of the molecule is Cc1ccc(C)c2c1C(=O)N(C1(CO)CCOCC1)C2=O. The van der Waals surface area contributed by atoms with Crippen LogP contribution in [0.5, 0.6) is 0 Å². The van der Waals surface area contributed by atoms with Crippen molar-refractivity contribution in [3.8, 4) is 0 Å². The van der Waals surface area contributed by atoms with E-state index in [1.54, 1.807) is 0 Å². The van der Waals surface area contributed by atoms with Crippen molar-refractivity contribution in [2.45, 2.75) is 32.2 Å². The lowest BCUT2D eigenvalue weighted by Crippen LogP contribution is -2.57. The smallest absolute Gasteiger partial charge is 0.262 e. The minimum absolute atomic E-state index is 0.222. The first kappa shape index (κ1) is 14.2. The molecule has 112 valence electrons. The van der Waals surface area contributed by atoms with Crippen molar-refractivity contribution in [3.05, 3.63) is 34.4 Å². The van der Waals surface area contributed by atoms with Gasteiger partial charge in [0.2, 0.25) is 0 Å². The van der Waals surface area contributed by atoms with Crippen LogP contribution >= 0.6 is 0 Å². The molecule has 3 rings (SSSR count). The second-order valence-electron chi connectivity index (χ2n) is 5.89. The van der Waals surface area contributed by atoms with Crippen molar-refractivity contribution in [3.63, 3.8) is 0 Å². The maximum Gasteiger partial charge on any atom is 0.262 e. The first-order valence-corrected chi connectivity index (χ1v) is 7.19. The van der Waals surface area contributed by atoms with Crippen LogP contribution in [0.4, 0.5) is 0 Å². The van der Waals surface area contributed by atoms with Gasteiger partial charge in [0.25, 0.3) is 11.8 Å². The maximum atomic E-state index is 12.8. The van der Waals surface area contributed by atoms with Gasteiger partial charge in [0.1, 0.15) is 0 Å². The lowest BCUT2D eigenvalue weighted by molar-refractivity contribution is -0.0337. The van der Waals surface area contributed by atoms with Crippen LogP contribution in [0.2, 0.25) is 0 Å². The Morgan fingerprint density at radius 1 is 1.10 bits per heavy atom. The molecular formula is C16H19NO4. The van der Waals surface area contributed by atoms with Gasteiger partial charge in [-0.05, 0) is 37.8 Å². The van der Waals surface area contributed by atoms with Crippen molar-refractivity contribution in [2.75, 3.05) is 19.8 Å². The molecule has 0 radical (unpaired) electrons. The lowest BCUT2D eigenvalue weighted by atomic mass is 9.89. The van der Waals surface area contributed by atoms with E-state index in [2.05, 4.69) is 0 Å². The first-order valence-electron chi connectivity index (χ1n) is 7.19. The Bertz CT molecular complexity index is 576. The van der Waals surface area contributed by atoms with E-state index in [1.165, 1.54) is 4.90 Å². The molecule has 0 bridgehead atoms. The highest BCUT2D eigenvalue weighted by Crippen LogP contribution is 2.37. The van der Waals surface area contributed by atoms with Crippen molar-refractivity contribution in [2.24, 2.45) is 0 Å². The van der Waals surface area contributed by atoms with E-state index in [1.807, 2.05) is 26.0 Å². The first-order chi connectivity index (χ1) is 10.0. The second kappa shape index (κ2) is 4.93. The largest absolute Gasteiger partial charge is 0.394 e. The van der Waals surface area contributed by atoms with Gasteiger partial charge < -0.3 is 9.84 Å². The molecule has 1 N–H and O–H groups in total. The molecule has 5 heteroatoms. The normalized spacial score (nSPS) is 20.8. The predicted molar refractivity (Wildman–Crippen MR) is 76.3 cm³/mol. The number of amides is 2. The molecule has 0 aliphatic carbocycles. The van der Waals surface area contributed by atoms with Crippen LogP contribution in [0.15, 0.2) is 12.1 Å². The van der Waals surface area contributed by atoms with Gasteiger partial charge in [-0.25, -0.2) is 0 Å². The van der Waals surface area contributed by atoms with E-state index in [0.29, 0.717) is 37.2 Å². The van der Waals surface area contributed by atoms with Gasteiger partial charge in [-0.2, -0.15) is 0 Å². The summed E-state index contributed by atoms with van der Waals surface area (Å²) < 4.78 is 5.32. The van der Waals surface area contributed by atoms with E-state index >= 15 is 0 Å². The van der Waals surface area contributed by atoms with Gasteiger partial charge >= 0.3 is 0 Å². The Kier molecular flexibility index (Phi) is 3.34. The molecule has 0 saturated carbocycles. The van der Waals surface area contributed by atoms with Crippen LogP contribution in [0.3, 0.4) is 0 Å². The molecule has 0 aromatic heterocycles. The minimum Gasteiger partial charge on any atom is -0.394 e. The van der Waals surface area contributed by atoms with E-state index in [9.17, 15) is 14.7 Å². The highest BCUT2D eigenvalue weighted by molar-refractivity contribution is 6.23. The maximum absolute atomic E-state index is 12.8. The minimum atomic E-state index is -0.829. The van der Waals surface area contributed by atoms with Crippen LogP contribution < -0.4 is 0 Å². The number of hydrogen-bond donors (Lipinski definition) is 1. The average Bonchev–Trinajstić information content (AvgIpc) is 2.77. The summed E-state index contributed by atoms with van der Waals surface area (Å²) in [5.74, 6) is -0.570. The standard InChI is InChI=1S/C16H19NO4/c1-10-3-4-11(2)13-12(10)14(19)17(15(13)20)16(9-18)5-7-21-8-6-16/h3-4,18H,5-9H2,1-2H3. The number of benzene rings is 1. The van der Waals surface area contributed by atoms with Gasteiger partial charge in [0.05, 0.1) is 23.3 Å². The van der Waals surface area contributed by atoms with Gasteiger partial charge in [0, 0.05) is 13.2 Å².